The fraction of sp³-hybridized carbons (Fsp3) is 0.280. The Morgan fingerprint density at radius 1 is 1.06 bits per heavy atom. The van der Waals surface area contributed by atoms with E-state index in [1.807, 2.05) is 68.4 Å². The normalized spacial score (nSPS) is 13.1. The highest BCUT2D eigenvalue weighted by Gasteiger charge is 2.30. The number of Topliss-reactive ketones (excluding diaryl/α,β-unsaturated/α-hetero) is 1. The minimum atomic E-state index is -0.658. The highest BCUT2D eigenvalue weighted by atomic mass is 16.2. The van der Waals surface area contributed by atoms with Gasteiger partial charge >= 0.3 is 0 Å². The van der Waals surface area contributed by atoms with Crippen LogP contribution >= 0.6 is 0 Å². The van der Waals surface area contributed by atoms with E-state index in [-0.39, 0.29) is 5.92 Å². The summed E-state index contributed by atoms with van der Waals surface area (Å²) in [5, 5.41) is 7.43. The predicted molar refractivity (Wildman–Crippen MR) is 124 cm³/mol. The van der Waals surface area contributed by atoms with Crippen molar-refractivity contribution in [2.24, 2.45) is 5.92 Å². The summed E-state index contributed by atoms with van der Waals surface area (Å²) in [6.45, 7) is 7.64. The van der Waals surface area contributed by atoms with Crippen LogP contribution in [-0.2, 0) is 4.79 Å². The second kappa shape index (κ2) is 8.78. The molecule has 0 fully saturated rings. The van der Waals surface area contributed by atoms with Crippen molar-refractivity contribution in [3.05, 3.63) is 77.4 Å². The van der Waals surface area contributed by atoms with E-state index in [4.69, 9.17) is 0 Å². The van der Waals surface area contributed by atoms with E-state index in [1.165, 1.54) is 0 Å². The number of fused-ring (bicyclic) bond motifs is 1. The number of carbonyl (C=O) groups is 2. The number of ketones is 1. The lowest BCUT2D eigenvalue weighted by atomic mass is 9.97. The third kappa shape index (κ3) is 3.93. The molecule has 164 valence electrons. The van der Waals surface area contributed by atoms with Crippen molar-refractivity contribution in [2.75, 3.05) is 0 Å². The fourth-order valence-electron chi connectivity index (χ4n) is 3.95. The van der Waals surface area contributed by atoms with Gasteiger partial charge in [-0.15, -0.1) is 0 Å². The average molecular weight is 430 g/mol. The summed E-state index contributed by atoms with van der Waals surface area (Å²) in [7, 11) is 0. The smallest absolute Gasteiger partial charge is 0.293 e. The first kappa shape index (κ1) is 21.5. The zero-order valence-corrected chi connectivity index (χ0v) is 18.7. The van der Waals surface area contributed by atoms with Gasteiger partial charge in [-0.2, -0.15) is 5.10 Å². The van der Waals surface area contributed by atoms with Gasteiger partial charge in [0.1, 0.15) is 5.82 Å². The molecule has 2 N–H and O–H groups in total. The Hall–Kier alpha value is -3.74. The summed E-state index contributed by atoms with van der Waals surface area (Å²) in [6.07, 6.45) is 0.820. The van der Waals surface area contributed by atoms with E-state index in [9.17, 15) is 9.59 Å². The summed E-state index contributed by atoms with van der Waals surface area (Å²) >= 11 is 0. The number of hydrogen-bond donors (Lipinski definition) is 2. The van der Waals surface area contributed by atoms with Crippen LogP contribution in [0.3, 0.4) is 0 Å². The lowest BCUT2D eigenvalue weighted by Crippen LogP contribution is -2.38. The zero-order valence-electron chi connectivity index (χ0n) is 18.7. The summed E-state index contributed by atoms with van der Waals surface area (Å²) in [5.41, 5.74) is 4.05. The number of benzene rings is 2. The molecule has 0 saturated carbocycles. The van der Waals surface area contributed by atoms with Crippen LogP contribution in [-0.4, -0.2) is 31.4 Å². The monoisotopic (exact) mass is 429 g/mol. The molecule has 7 heteroatoms. The number of nitrogens with one attached hydrogen (secondary N) is 2. The highest BCUT2D eigenvalue weighted by Crippen LogP contribution is 2.25. The van der Waals surface area contributed by atoms with Crippen LogP contribution in [0.5, 0.6) is 0 Å². The van der Waals surface area contributed by atoms with Crippen LogP contribution < -0.4 is 5.32 Å². The average Bonchev–Trinajstić information content (AvgIpc) is 3.37. The number of aromatic amines is 1. The van der Waals surface area contributed by atoms with Gasteiger partial charge in [0.2, 0.25) is 0 Å². The first-order chi connectivity index (χ1) is 15.4. The molecule has 2 aromatic carbocycles. The summed E-state index contributed by atoms with van der Waals surface area (Å²) < 4.78 is 1.70. The molecule has 0 bridgehead atoms. The molecule has 4 aromatic rings. The Morgan fingerprint density at radius 3 is 2.44 bits per heavy atom. The van der Waals surface area contributed by atoms with Crippen molar-refractivity contribution >= 4 is 22.7 Å². The van der Waals surface area contributed by atoms with Crippen LogP contribution in [0.1, 0.15) is 53.9 Å². The molecule has 0 aliphatic heterocycles. The van der Waals surface area contributed by atoms with Crippen LogP contribution in [0.4, 0.5) is 0 Å². The third-order valence-corrected chi connectivity index (χ3v) is 5.93. The largest absolute Gasteiger partial charge is 0.340 e. The number of para-hydroxylation sites is 3. The maximum Gasteiger partial charge on any atom is 0.293 e. The molecule has 2 aromatic heterocycles. The lowest BCUT2D eigenvalue weighted by molar-refractivity contribution is -0.118. The first-order valence-electron chi connectivity index (χ1n) is 10.8. The Balaban J connectivity index is 1.63. The van der Waals surface area contributed by atoms with Crippen molar-refractivity contribution in [2.45, 2.75) is 40.2 Å². The Morgan fingerprint density at radius 2 is 1.75 bits per heavy atom. The minimum Gasteiger partial charge on any atom is -0.340 e. The second-order valence-electron chi connectivity index (χ2n) is 8.10. The molecule has 4 rings (SSSR count). The van der Waals surface area contributed by atoms with Crippen LogP contribution in [0, 0.1) is 19.8 Å². The maximum atomic E-state index is 13.2. The minimum absolute atomic E-state index is 0.0848. The van der Waals surface area contributed by atoms with E-state index in [0.717, 1.165) is 23.1 Å². The second-order valence-corrected chi connectivity index (χ2v) is 8.10. The van der Waals surface area contributed by atoms with Gasteiger partial charge in [0.05, 0.1) is 39.7 Å². The number of aryl methyl sites for hydroxylation is 1. The molecule has 0 saturated heterocycles. The number of H-pyrrole nitrogens is 1. The van der Waals surface area contributed by atoms with Crippen molar-refractivity contribution in [1.82, 2.24) is 25.1 Å². The van der Waals surface area contributed by atoms with Gasteiger partial charge in [-0.25, -0.2) is 9.67 Å². The SMILES string of the molecule is CCC(C)C(NC(=O)C(=O)c1c(C)nn(-c2ccccc2)c1C)c1nc2ccccc2[nH]1. The molecular formula is C25H27N5O2. The molecule has 32 heavy (non-hydrogen) atoms. The number of imidazole rings is 1. The number of hydrogen-bond acceptors (Lipinski definition) is 4. The van der Waals surface area contributed by atoms with Crippen molar-refractivity contribution in [3.8, 4) is 5.69 Å². The molecule has 0 radical (unpaired) electrons. The van der Waals surface area contributed by atoms with Gasteiger partial charge in [0.25, 0.3) is 11.7 Å². The summed E-state index contributed by atoms with van der Waals surface area (Å²) in [6, 6.07) is 16.9. The van der Waals surface area contributed by atoms with Gasteiger partial charge in [0.15, 0.2) is 0 Å². The van der Waals surface area contributed by atoms with E-state index in [2.05, 4.69) is 20.4 Å². The lowest BCUT2D eigenvalue weighted by Gasteiger charge is -2.22. The standard InChI is InChI=1S/C25H27N5O2/c1-5-15(2)22(24-26-19-13-9-10-14-20(19)27-24)28-25(32)23(31)21-16(3)29-30(17(21)4)18-11-7-6-8-12-18/h6-15,22H,5H2,1-4H3,(H,26,27)(H,28,32). The number of nitrogens with zero attached hydrogens (tertiary/aromatic N) is 3. The van der Waals surface area contributed by atoms with Gasteiger partial charge in [-0.05, 0) is 44.0 Å². The Bertz CT molecular complexity index is 1240. The Kier molecular flexibility index (Phi) is 5.90. The van der Waals surface area contributed by atoms with Gasteiger partial charge in [0, 0.05) is 0 Å². The fourth-order valence-corrected chi connectivity index (χ4v) is 3.95. The zero-order chi connectivity index (χ0) is 22.8. The first-order valence-corrected chi connectivity index (χ1v) is 10.8. The third-order valence-electron chi connectivity index (χ3n) is 5.93. The molecule has 2 heterocycles. The molecule has 0 spiro atoms. The number of carbonyl (C=O) groups excluding carboxylic acids is 2. The van der Waals surface area contributed by atoms with Gasteiger partial charge in [-0.1, -0.05) is 50.6 Å². The number of amides is 1. The maximum absolute atomic E-state index is 13.2. The van der Waals surface area contributed by atoms with Crippen molar-refractivity contribution in [3.63, 3.8) is 0 Å². The highest BCUT2D eigenvalue weighted by molar-refractivity contribution is 6.43. The van der Waals surface area contributed by atoms with E-state index in [0.29, 0.717) is 22.8 Å². The predicted octanol–water partition coefficient (Wildman–Crippen LogP) is 4.45. The van der Waals surface area contributed by atoms with E-state index in [1.54, 1.807) is 18.5 Å². The molecule has 2 unspecified atom stereocenters. The van der Waals surface area contributed by atoms with Crippen molar-refractivity contribution < 1.29 is 9.59 Å². The van der Waals surface area contributed by atoms with E-state index < -0.39 is 17.7 Å². The summed E-state index contributed by atoms with van der Waals surface area (Å²) in [4.78, 5) is 34.2. The molecule has 0 aliphatic rings. The number of aromatic nitrogens is 4. The van der Waals surface area contributed by atoms with Crippen LogP contribution in [0.25, 0.3) is 16.7 Å². The number of rotatable bonds is 7. The molecular weight excluding hydrogens is 402 g/mol. The molecule has 7 nitrogen and oxygen atoms in total. The van der Waals surface area contributed by atoms with Crippen LogP contribution in [0.15, 0.2) is 54.6 Å². The van der Waals surface area contributed by atoms with Gasteiger partial charge < -0.3 is 10.3 Å². The molecule has 0 aliphatic carbocycles. The van der Waals surface area contributed by atoms with E-state index >= 15 is 0 Å². The van der Waals surface area contributed by atoms with Crippen molar-refractivity contribution in [1.29, 1.82) is 0 Å². The quantitative estimate of drug-likeness (QED) is 0.335. The molecule has 1 amide bonds. The Labute approximate surface area is 186 Å². The van der Waals surface area contributed by atoms with Crippen LogP contribution in [0.2, 0.25) is 0 Å². The molecule has 2 atom stereocenters. The summed E-state index contributed by atoms with van der Waals surface area (Å²) in [5.74, 6) is -0.516. The topological polar surface area (TPSA) is 92.7 Å². The van der Waals surface area contributed by atoms with Gasteiger partial charge in [-0.3, -0.25) is 9.59 Å².